The van der Waals surface area contributed by atoms with Gasteiger partial charge in [0.2, 0.25) is 0 Å². The second kappa shape index (κ2) is 14.3. The summed E-state index contributed by atoms with van der Waals surface area (Å²) in [5.74, 6) is 0. The molecule has 0 saturated heterocycles. The van der Waals surface area contributed by atoms with Crippen LogP contribution in [0.5, 0.6) is 0 Å². The van der Waals surface area contributed by atoms with Gasteiger partial charge in [-0.05, 0) is 11.0 Å². The minimum Gasteiger partial charge on any atom is -1.00 e. The summed E-state index contributed by atoms with van der Waals surface area (Å²) >= 11 is 1.74. The topological polar surface area (TPSA) is 0 Å². The summed E-state index contributed by atoms with van der Waals surface area (Å²) in [6.45, 7) is 11.3. The van der Waals surface area contributed by atoms with Crippen molar-refractivity contribution in [2.75, 3.05) is 0 Å². The molecule has 0 heterocycles. The van der Waals surface area contributed by atoms with Crippen LogP contribution in [0.25, 0.3) is 21.9 Å². The molecule has 4 heteroatoms. The smallest absolute Gasteiger partial charge is 0.0279 e. The fraction of sp³-hybridized carbons (Fsp3) is 0.269. The van der Waals surface area contributed by atoms with E-state index in [1.54, 1.807) is 23.3 Å². The summed E-state index contributed by atoms with van der Waals surface area (Å²) in [4.78, 5) is 0. The minimum absolute atomic E-state index is 0. The molecular weight excluding hydrogens is 503 g/mol. The molecular formula is C26H30Cl2SiZr-2. The van der Waals surface area contributed by atoms with E-state index in [9.17, 15) is 0 Å². The van der Waals surface area contributed by atoms with Crippen LogP contribution < -0.4 is 24.8 Å². The summed E-state index contributed by atoms with van der Waals surface area (Å²) < 4.78 is 0. The van der Waals surface area contributed by atoms with Gasteiger partial charge in [-0.1, -0.05) is 62.7 Å². The van der Waals surface area contributed by atoms with Crippen molar-refractivity contribution in [2.45, 2.75) is 40.3 Å². The van der Waals surface area contributed by atoms with E-state index >= 15 is 0 Å². The van der Waals surface area contributed by atoms with Crippen LogP contribution >= 0.6 is 0 Å². The molecule has 0 amide bonds. The van der Waals surface area contributed by atoms with Crippen molar-refractivity contribution in [3.8, 4) is 11.1 Å². The normalized spacial score (nSPS) is 11.8. The van der Waals surface area contributed by atoms with Crippen LogP contribution in [0.3, 0.4) is 0 Å². The third kappa shape index (κ3) is 9.56. The van der Waals surface area contributed by atoms with Crippen molar-refractivity contribution in [1.29, 1.82) is 0 Å². The Morgan fingerprint density at radius 1 is 0.933 bits per heavy atom. The van der Waals surface area contributed by atoms with E-state index in [2.05, 4.69) is 113 Å². The fourth-order valence-electron chi connectivity index (χ4n) is 2.93. The first kappa shape index (κ1) is 29.2. The molecule has 0 aromatic heterocycles. The third-order valence-electron chi connectivity index (χ3n) is 4.42. The number of fused-ring (bicyclic) bond motifs is 1. The zero-order valence-electron chi connectivity index (χ0n) is 18.5. The molecule has 0 fully saturated rings. The zero-order chi connectivity index (χ0) is 20.6. The van der Waals surface area contributed by atoms with Crippen molar-refractivity contribution in [3.05, 3.63) is 90.5 Å². The third-order valence-corrected chi connectivity index (χ3v) is 4.42. The predicted molar refractivity (Wildman–Crippen MR) is 122 cm³/mol. The molecule has 0 nitrogen and oxygen atoms in total. The Kier molecular flexibility index (Phi) is 13.9. The summed E-state index contributed by atoms with van der Waals surface area (Å²) in [7, 11) is 0. The van der Waals surface area contributed by atoms with E-state index in [1.807, 2.05) is 6.08 Å². The van der Waals surface area contributed by atoms with Crippen LogP contribution in [0.15, 0.2) is 84.5 Å². The SMILES string of the molecule is CC(C)(C)C1=CC=[C-]C1.C[Si](C)=[Zr+2].[Cl-].[Cl-].c1ccc(-c2cccc3[cH-]ccc23)cc1. The summed E-state index contributed by atoms with van der Waals surface area (Å²) in [5.41, 5.74) is 4.65. The fourth-order valence-corrected chi connectivity index (χ4v) is 2.93. The van der Waals surface area contributed by atoms with Crippen molar-refractivity contribution < 1.29 is 48.1 Å². The van der Waals surface area contributed by atoms with E-state index in [4.69, 9.17) is 0 Å². The van der Waals surface area contributed by atoms with Gasteiger partial charge in [0.1, 0.15) is 0 Å². The average molecular weight is 533 g/mol. The maximum Gasteiger partial charge on any atom is -0.0279 e. The van der Waals surface area contributed by atoms with Crippen molar-refractivity contribution >= 4 is 16.2 Å². The van der Waals surface area contributed by atoms with E-state index in [0.717, 1.165) is 6.42 Å². The van der Waals surface area contributed by atoms with Crippen molar-refractivity contribution in [2.24, 2.45) is 5.41 Å². The maximum absolute atomic E-state index is 3.16. The van der Waals surface area contributed by atoms with Gasteiger partial charge >= 0.3 is 41.9 Å². The molecule has 0 unspecified atom stereocenters. The van der Waals surface area contributed by atoms with Gasteiger partial charge in [0.25, 0.3) is 0 Å². The summed E-state index contributed by atoms with van der Waals surface area (Å²) in [6, 6.07) is 23.4. The van der Waals surface area contributed by atoms with Gasteiger partial charge in [0.15, 0.2) is 0 Å². The van der Waals surface area contributed by atoms with Crippen LogP contribution in [0, 0.1) is 11.5 Å². The number of halogens is 2. The van der Waals surface area contributed by atoms with Crippen molar-refractivity contribution in [3.63, 3.8) is 0 Å². The predicted octanol–water partition coefficient (Wildman–Crippen LogP) is 1.74. The molecule has 1 aliphatic rings. The van der Waals surface area contributed by atoms with Crippen molar-refractivity contribution in [1.82, 2.24) is 0 Å². The van der Waals surface area contributed by atoms with Crippen LogP contribution in [0.1, 0.15) is 27.2 Å². The summed E-state index contributed by atoms with van der Waals surface area (Å²) in [6.07, 6.45) is 8.37. The second-order valence-electron chi connectivity index (χ2n) is 8.19. The van der Waals surface area contributed by atoms with Crippen LogP contribution in [-0.2, 0) is 23.3 Å². The average Bonchev–Trinajstić information content (AvgIpc) is 3.33. The first-order chi connectivity index (χ1) is 13.3. The molecule has 3 aromatic carbocycles. The molecule has 3 aromatic rings. The number of hydrogen-bond acceptors (Lipinski definition) is 0. The molecule has 0 aliphatic heterocycles. The van der Waals surface area contributed by atoms with E-state index < -0.39 is 0 Å². The van der Waals surface area contributed by atoms with Gasteiger partial charge in [-0.2, -0.15) is 17.7 Å². The Labute approximate surface area is 210 Å². The molecule has 0 atom stereocenters. The molecule has 0 bridgehead atoms. The zero-order valence-corrected chi connectivity index (χ0v) is 23.4. The number of hydrogen-bond donors (Lipinski definition) is 0. The molecule has 0 saturated carbocycles. The first-order valence-corrected chi connectivity index (χ1v) is 16.0. The van der Waals surface area contributed by atoms with Gasteiger partial charge < -0.3 is 24.8 Å². The van der Waals surface area contributed by atoms with Gasteiger partial charge in [-0.25, -0.2) is 12.2 Å². The number of allylic oxidation sites excluding steroid dienone is 4. The molecule has 0 N–H and O–H groups in total. The second-order valence-corrected chi connectivity index (χ2v) is 17.6. The van der Waals surface area contributed by atoms with E-state index in [1.165, 1.54) is 27.5 Å². The van der Waals surface area contributed by atoms with Gasteiger partial charge in [-0.3, -0.25) is 6.08 Å². The minimum atomic E-state index is 0. The Balaban J connectivity index is 0.000000486. The van der Waals surface area contributed by atoms with Crippen LogP contribution in [0.2, 0.25) is 13.1 Å². The number of benzene rings is 2. The Bertz CT molecular complexity index is 959. The summed E-state index contributed by atoms with van der Waals surface area (Å²) in [5, 5.41) is 2.65. The Morgan fingerprint density at radius 2 is 1.57 bits per heavy atom. The Hall–Kier alpha value is -0.790. The molecule has 158 valence electrons. The van der Waals surface area contributed by atoms with Crippen LogP contribution in [-0.4, -0.2) is 5.43 Å². The van der Waals surface area contributed by atoms with E-state index in [-0.39, 0.29) is 30.2 Å². The molecule has 0 spiro atoms. The first-order valence-electron chi connectivity index (χ1n) is 9.77. The molecule has 0 radical (unpaired) electrons. The maximum atomic E-state index is 3.16. The van der Waals surface area contributed by atoms with Crippen LogP contribution in [0.4, 0.5) is 0 Å². The quantitative estimate of drug-likeness (QED) is 0.331. The standard InChI is InChI=1S/C15H11.C9H13.C2H6Si.2ClH.Zr/c1-2-6-12(7-3-1)14-10-4-8-13-9-5-11-15(13)14;1-9(2,3)8-6-4-5-7-8;1-3-2;;;/h1-11H;4,6H,7H2,1-3H3;1-2H3;2*1H;/q2*-1;;;;+2/p-2. The molecule has 1 aliphatic carbocycles. The number of rotatable bonds is 1. The molecule has 4 rings (SSSR count). The van der Waals surface area contributed by atoms with Gasteiger partial charge in [-0.15, -0.1) is 35.4 Å². The largest absolute Gasteiger partial charge is 1.00 e. The molecule has 30 heavy (non-hydrogen) atoms. The van der Waals surface area contributed by atoms with Gasteiger partial charge in [0, 0.05) is 0 Å². The van der Waals surface area contributed by atoms with Gasteiger partial charge in [0.05, 0.1) is 0 Å². The van der Waals surface area contributed by atoms with E-state index in [0.29, 0.717) is 5.41 Å². The Morgan fingerprint density at radius 3 is 2.07 bits per heavy atom. The monoisotopic (exact) mass is 530 g/mol.